The van der Waals surface area contributed by atoms with Crippen LogP contribution in [0.1, 0.15) is 30.0 Å². The summed E-state index contributed by atoms with van der Waals surface area (Å²) in [5.41, 5.74) is 6.50. The second-order valence-electron chi connectivity index (χ2n) is 6.84. The topological polar surface area (TPSA) is 0 Å². The van der Waals surface area contributed by atoms with E-state index in [1.807, 2.05) is 18.1 Å². The van der Waals surface area contributed by atoms with Gasteiger partial charge in [-0.05, 0) is 48.1 Å². The molecule has 0 aromatic heterocycles. The molecule has 1 heteroatoms. The lowest BCUT2D eigenvalue weighted by molar-refractivity contribution is 1.12. The molecule has 1 radical (unpaired) electrons. The van der Waals surface area contributed by atoms with E-state index in [1.165, 1.54) is 27.8 Å². The average molecular weight is 375 g/mol. The molecule has 0 spiro atoms. The van der Waals surface area contributed by atoms with E-state index in [4.69, 9.17) is 6.42 Å². The van der Waals surface area contributed by atoms with Gasteiger partial charge in [0.15, 0.2) is 0 Å². The van der Waals surface area contributed by atoms with Crippen LogP contribution >= 0.6 is 0 Å². The molecule has 0 atom stereocenters. The van der Waals surface area contributed by atoms with Gasteiger partial charge < -0.3 is 0 Å². The monoisotopic (exact) mass is 375 g/mol. The maximum Gasteiger partial charge on any atom is 0.142 e. The van der Waals surface area contributed by atoms with Crippen LogP contribution in [0.25, 0.3) is 11.6 Å². The summed E-state index contributed by atoms with van der Waals surface area (Å²) in [5.74, 6) is 4.46. The Morgan fingerprint density at radius 2 is 1.83 bits per heavy atom. The van der Waals surface area contributed by atoms with Crippen LogP contribution < -0.4 is 0 Å². The molecule has 0 aliphatic rings. The zero-order chi connectivity index (χ0) is 20.7. The maximum atomic E-state index is 5.26. The molecule has 0 aliphatic carbocycles. The van der Waals surface area contributed by atoms with Gasteiger partial charge in [-0.3, -0.25) is 0 Å². The van der Waals surface area contributed by atoms with Gasteiger partial charge in [-0.25, -0.2) is 0 Å². The summed E-state index contributed by atoms with van der Waals surface area (Å²) in [5, 5.41) is 0. The average Bonchev–Trinajstić information content (AvgIpc) is 2.75. The molecule has 0 unspecified atom stereocenters. The molecule has 0 nitrogen and oxygen atoms in total. The smallest absolute Gasteiger partial charge is 0.115 e. The third-order valence-electron chi connectivity index (χ3n) is 4.54. The summed E-state index contributed by atoms with van der Waals surface area (Å²) >= 11 is 0. The van der Waals surface area contributed by atoms with Gasteiger partial charge >= 0.3 is 0 Å². The van der Waals surface area contributed by atoms with E-state index in [-0.39, 0.29) is 0 Å². The summed E-state index contributed by atoms with van der Waals surface area (Å²) in [7, 11) is 2.12. The minimum Gasteiger partial charge on any atom is -0.115 e. The van der Waals surface area contributed by atoms with E-state index in [2.05, 4.69) is 93.5 Å². The van der Waals surface area contributed by atoms with E-state index >= 15 is 0 Å². The van der Waals surface area contributed by atoms with Crippen LogP contribution in [0, 0.1) is 12.3 Å². The lowest BCUT2D eigenvalue weighted by Gasteiger charge is -2.11. The maximum absolute atomic E-state index is 5.26. The summed E-state index contributed by atoms with van der Waals surface area (Å²) in [6.45, 7) is 5.90. The summed E-state index contributed by atoms with van der Waals surface area (Å²) in [6.07, 6.45) is 20.1. The molecule has 0 saturated heterocycles. The van der Waals surface area contributed by atoms with Crippen LogP contribution in [0.5, 0.6) is 0 Å². The van der Waals surface area contributed by atoms with Gasteiger partial charge in [-0.1, -0.05) is 109 Å². The highest BCUT2D eigenvalue weighted by Gasteiger charge is 2.06. The Morgan fingerprint density at radius 3 is 2.59 bits per heavy atom. The Balaban J connectivity index is 2.30. The van der Waals surface area contributed by atoms with Crippen LogP contribution in [-0.4, -0.2) is 7.28 Å². The highest BCUT2D eigenvalue weighted by Crippen LogP contribution is 2.27. The molecular formula is C28H28B. The van der Waals surface area contributed by atoms with Crippen molar-refractivity contribution in [3.8, 4) is 12.3 Å². The zero-order valence-corrected chi connectivity index (χ0v) is 17.2. The van der Waals surface area contributed by atoms with E-state index < -0.39 is 0 Å². The van der Waals surface area contributed by atoms with Gasteiger partial charge in [0.1, 0.15) is 7.28 Å². The molecule has 0 aliphatic heterocycles. The van der Waals surface area contributed by atoms with Crippen molar-refractivity contribution in [1.82, 2.24) is 0 Å². The normalized spacial score (nSPS) is 12.3. The van der Waals surface area contributed by atoms with Gasteiger partial charge in [0.05, 0.1) is 0 Å². The molecule has 2 aromatic carbocycles. The SMILES string of the molecule is C#C/C=C\[B]CCc1ccccc1/C=C(\C/C(C)=C/C=C\C=C)c1ccccc1. The standard InChI is InChI=1S/C28H28B/c1-4-6-9-14-24(3)22-28(25-15-10-8-11-16-25)23-27-18-13-12-17-26(27)19-21-29-20-7-5-2/h2,4,6-18,20,23H,1,19,21-22H2,3H3/b9-6-,20-7-,24-14+,28-23+. The Kier molecular flexibility index (Phi) is 9.91. The Hall–Kier alpha value is -3.24. The summed E-state index contributed by atoms with van der Waals surface area (Å²) < 4.78 is 0. The molecule has 143 valence electrons. The number of hydrogen-bond acceptors (Lipinski definition) is 0. The van der Waals surface area contributed by atoms with Crippen molar-refractivity contribution >= 4 is 18.9 Å². The fourth-order valence-corrected chi connectivity index (χ4v) is 3.10. The first kappa shape index (κ1) is 22.1. The van der Waals surface area contributed by atoms with E-state index in [9.17, 15) is 0 Å². The lowest BCUT2D eigenvalue weighted by atomic mass is 9.72. The van der Waals surface area contributed by atoms with Crippen molar-refractivity contribution in [2.45, 2.75) is 26.1 Å². The zero-order valence-electron chi connectivity index (χ0n) is 17.2. The number of aryl methyl sites for hydroxylation is 1. The second-order valence-corrected chi connectivity index (χ2v) is 6.84. The lowest BCUT2D eigenvalue weighted by Crippen LogP contribution is -1.94. The molecule has 0 saturated carbocycles. The molecule has 0 N–H and O–H groups in total. The van der Waals surface area contributed by atoms with Crippen LogP contribution in [0.2, 0.25) is 6.32 Å². The van der Waals surface area contributed by atoms with Crippen molar-refractivity contribution in [2.75, 3.05) is 0 Å². The molecule has 0 amide bonds. The first-order chi connectivity index (χ1) is 14.2. The number of benzene rings is 2. The third-order valence-corrected chi connectivity index (χ3v) is 4.54. The number of allylic oxidation sites excluding steroid dienone is 7. The quantitative estimate of drug-likeness (QED) is 0.136. The highest BCUT2D eigenvalue weighted by molar-refractivity contribution is 6.42. The van der Waals surface area contributed by atoms with E-state index in [0.717, 1.165) is 19.2 Å². The third kappa shape index (κ3) is 8.12. The van der Waals surface area contributed by atoms with E-state index in [1.54, 1.807) is 12.2 Å². The first-order valence-electron chi connectivity index (χ1n) is 9.98. The van der Waals surface area contributed by atoms with Crippen LogP contribution in [0.4, 0.5) is 0 Å². The van der Waals surface area contributed by atoms with Crippen molar-refractivity contribution in [3.63, 3.8) is 0 Å². The number of terminal acetylenes is 1. The molecule has 2 aromatic rings. The van der Waals surface area contributed by atoms with E-state index in [0.29, 0.717) is 0 Å². The first-order valence-corrected chi connectivity index (χ1v) is 9.98. The number of rotatable bonds is 10. The molecular weight excluding hydrogens is 347 g/mol. The van der Waals surface area contributed by atoms with Crippen molar-refractivity contribution in [3.05, 3.63) is 120 Å². The molecule has 0 heterocycles. The molecule has 0 bridgehead atoms. The molecule has 2 rings (SSSR count). The van der Waals surface area contributed by atoms with Gasteiger partial charge in [-0.15, -0.1) is 12.4 Å². The minimum absolute atomic E-state index is 0.900. The van der Waals surface area contributed by atoms with Crippen molar-refractivity contribution < 1.29 is 0 Å². The Bertz CT molecular complexity index is 934. The largest absolute Gasteiger partial charge is 0.142 e. The van der Waals surface area contributed by atoms with Gasteiger partial charge in [0.25, 0.3) is 0 Å². The van der Waals surface area contributed by atoms with Crippen molar-refractivity contribution in [2.24, 2.45) is 0 Å². The predicted molar refractivity (Wildman–Crippen MR) is 131 cm³/mol. The van der Waals surface area contributed by atoms with Crippen LogP contribution in [0.15, 0.2) is 103 Å². The van der Waals surface area contributed by atoms with Gasteiger partial charge in [0.2, 0.25) is 0 Å². The minimum atomic E-state index is 0.900. The summed E-state index contributed by atoms with van der Waals surface area (Å²) in [4.78, 5) is 0. The van der Waals surface area contributed by atoms with Gasteiger partial charge in [-0.2, -0.15) is 0 Å². The molecule has 29 heavy (non-hydrogen) atoms. The fourth-order valence-electron chi connectivity index (χ4n) is 3.10. The molecule has 0 fully saturated rings. The predicted octanol–water partition coefficient (Wildman–Crippen LogP) is 7.12. The Morgan fingerprint density at radius 1 is 1.07 bits per heavy atom. The Labute approximate surface area is 177 Å². The second kappa shape index (κ2) is 13.0. The van der Waals surface area contributed by atoms with Crippen LogP contribution in [-0.2, 0) is 6.42 Å². The number of hydrogen-bond donors (Lipinski definition) is 0. The summed E-state index contributed by atoms with van der Waals surface area (Å²) in [6, 6.07) is 19.2. The van der Waals surface area contributed by atoms with Crippen molar-refractivity contribution in [1.29, 1.82) is 0 Å². The highest BCUT2D eigenvalue weighted by atomic mass is 14.1. The fraction of sp³-hybridized carbons (Fsp3) is 0.143. The van der Waals surface area contributed by atoms with Gasteiger partial charge in [0, 0.05) is 0 Å². The van der Waals surface area contributed by atoms with Crippen LogP contribution in [0.3, 0.4) is 0 Å².